The van der Waals surface area contributed by atoms with Crippen LogP contribution < -0.4 is 19.9 Å². The van der Waals surface area contributed by atoms with E-state index < -0.39 is 28.7 Å². The number of nitro benzene ring substituents is 1. The molecule has 4 fully saturated rings. The quantitative estimate of drug-likeness (QED) is 0.248. The van der Waals surface area contributed by atoms with Crippen LogP contribution in [0.25, 0.3) is 0 Å². The number of anilines is 2. The number of nitrogens with one attached hydrogen (secondary N) is 1. The second-order valence-electron chi connectivity index (χ2n) is 14.2. The summed E-state index contributed by atoms with van der Waals surface area (Å²) in [6.45, 7) is 10.6. The van der Waals surface area contributed by atoms with Gasteiger partial charge in [-0.2, -0.15) is 0 Å². The first-order valence-corrected chi connectivity index (χ1v) is 17.8. The molecule has 1 atom stereocenters. The molecule has 4 saturated heterocycles. The molecule has 0 radical (unpaired) electrons. The number of hydrogen-bond acceptors (Lipinski definition) is 11. The Balaban J connectivity index is 0.864. The highest BCUT2D eigenvalue weighted by Crippen LogP contribution is 2.37. The highest BCUT2D eigenvalue weighted by Gasteiger charge is 2.45. The van der Waals surface area contributed by atoms with Crippen molar-refractivity contribution in [1.29, 1.82) is 0 Å². The van der Waals surface area contributed by atoms with Gasteiger partial charge in [-0.25, -0.2) is 0 Å². The lowest BCUT2D eigenvalue weighted by molar-refractivity contribution is -0.385. The number of nitro groups is 1. The number of benzene rings is 2. The summed E-state index contributed by atoms with van der Waals surface area (Å²) in [5.41, 5.74) is 3.44. The molecule has 0 aromatic heterocycles. The number of aryl methyl sites for hydroxylation is 1. The second kappa shape index (κ2) is 14.0. The maximum absolute atomic E-state index is 13.3. The SMILES string of the molecule is COc1cc(N2CCC(N3CCC(CN4CCN(c5ccc6c(c5)C(=O)N(C5CCC(=O)NC5=O)C6=O)CC4)CC3)CC2)c(C)cc1[N+](=O)[O-]. The molecular weight excluding hydrogens is 642 g/mol. The van der Waals surface area contributed by atoms with Crippen LogP contribution in [0.3, 0.4) is 0 Å². The summed E-state index contributed by atoms with van der Waals surface area (Å²) in [5.74, 6) is -0.976. The molecule has 0 saturated carbocycles. The van der Waals surface area contributed by atoms with Gasteiger partial charge in [-0.15, -0.1) is 0 Å². The average Bonchev–Trinajstić information content (AvgIpc) is 3.37. The van der Waals surface area contributed by atoms with Crippen molar-refractivity contribution in [2.24, 2.45) is 5.92 Å². The smallest absolute Gasteiger partial charge is 0.311 e. The third-order valence-electron chi connectivity index (χ3n) is 11.3. The van der Waals surface area contributed by atoms with E-state index in [4.69, 9.17) is 4.74 Å². The van der Waals surface area contributed by atoms with E-state index in [-0.39, 0.29) is 24.4 Å². The van der Waals surface area contributed by atoms with Gasteiger partial charge in [-0.05, 0) is 81.8 Å². The molecule has 5 aliphatic heterocycles. The molecule has 50 heavy (non-hydrogen) atoms. The zero-order valence-corrected chi connectivity index (χ0v) is 28.8. The minimum atomic E-state index is -0.962. The second-order valence-corrected chi connectivity index (χ2v) is 14.2. The number of piperazine rings is 1. The summed E-state index contributed by atoms with van der Waals surface area (Å²) in [5, 5.41) is 13.7. The van der Waals surface area contributed by atoms with Gasteiger partial charge in [0, 0.05) is 81.8 Å². The minimum Gasteiger partial charge on any atom is -0.490 e. The van der Waals surface area contributed by atoms with Gasteiger partial charge in [0.1, 0.15) is 6.04 Å². The van der Waals surface area contributed by atoms with E-state index in [9.17, 15) is 29.3 Å². The molecular formula is C36H45N7O7. The third kappa shape index (κ3) is 6.53. The van der Waals surface area contributed by atoms with E-state index in [1.54, 1.807) is 18.2 Å². The lowest BCUT2D eigenvalue weighted by Gasteiger charge is -2.44. The van der Waals surface area contributed by atoms with Gasteiger partial charge in [0.25, 0.3) is 11.8 Å². The first-order valence-electron chi connectivity index (χ1n) is 17.8. The van der Waals surface area contributed by atoms with Crippen LogP contribution in [0, 0.1) is 23.0 Å². The fourth-order valence-electron chi connectivity index (χ4n) is 8.49. The largest absolute Gasteiger partial charge is 0.490 e. The number of likely N-dealkylation sites (tertiary alicyclic amines) is 1. The van der Waals surface area contributed by atoms with Crippen molar-refractivity contribution in [2.75, 3.05) is 75.8 Å². The van der Waals surface area contributed by atoms with Crippen LogP contribution in [-0.2, 0) is 9.59 Å². The molecule has 0 spiro atoms. The predicted octanol–water partition coefficient (Wildman–Crippen LogP) is 2.82. The van der Waals surface area contributed by atoms with Gasteiger partial charge >= 0.3 is 5.69 Å². The summed E-state index contributed by atoms with van der Waals surface area (Å²) in [7, 11) is 1.48. The van der Waals surface area contributed by atoms with E-state index in [0.717, 1.165) is 93.6 Å². The Labute approximate surface area is 291 Å². The maximum atomic E-state index is 13.3. The zero-order valence-electron chi connectivity index (χ0n) is 28.8. The lowest BCUT2D eigenvalue weighted by atomic mass is 9.92. The number of rotatable bonds is 8. The van der Waals surface area contributed by atoms with Crippen molar-refractivity contribution in [3.05, 3.63) is 57.1 Å². The Kier molecular flexibility index (Phi) is 9.49. The molecule has 2 aromatic rings. The molecule has 0 aliphatic carbocycles. The molecule has 14 heteroatoms. The van der Waals surface area contributed by atoms with Crippen LogP contribution in [0.1, 0.15) is 64.8 Å². The van der Waals surface area contributed by atoms with E-state index in [0.29, 0.717) is 28.8 Å². The molecule has 1 N–H and O–H groups in total. The van der Waals surface area contributed by atoms with Crippen molar-refractivity contribution in [3.8, 4) is 5.75 Å². The first kappa shape index (κ1) is 33.9. The summed E-state index contributed by atoms with van der Waals surface area (Å²) in [6, 6.07) is 8.38. The molecule has 4 amide bonds. The molecule has 5 heterocycles. The number of carbonyl (C=O) groups is 4. The Hall–Kier alpha value is -4.56. The molecule has 1 unspecified atom stereocenters. The van der Waals surface area contributed by atoms with Crippen molar-refractivity contribution in [2.45, 2.75) is 57.5 Å². The number of methoxy groups -OCH3 is 1. The van der Waals surface area contributed by atoms with Gasteiger partial charge in [-0.1, -0.05) is 0 Å². The molecule has 7 rings (SSSR count). The van der Waals surface area contributed by atoms with Crippen molar-refractivity contribution < 1.29 is 28.8 Å². The average molecular weight is 688 g/mol. The van der Waals surface area contributed by atoms with Crippen molar-refractivity contribution in [1.82, 2.24) is 20.0 Å². The number of carbonyl (C=O) groups excluding carboxylic acids is 4. The molecule has 266 valence electrons. The monoisotopic (exact) mass is 687 g/mol. The fourth-order valence-corrected chi connectivity index (χ4v) is 8.49. The first-order chi connectivity index (χ1) is 24.1. The maximum Gasteiger partial charge on any atom is 0.311 e. The Bertz CT molecular complexity index is 1690. The zero-order chi connectivity index (χ0) is 35.1. The van der Waals surface area contributed by atoms with E-state index in [1.807, 2.05) is 19.1 Å². The van der Waals surface area contributed by atoms with Crippen LogP contribution in [0.2, 0.25) is 0 Å². The van der Waals surface area contributed by atoms with Gasteiger partial charge in [-0.3, -0.25) is 44.4 Å². The van der Waals surface area contributed by atoms with E-state index in [1.165, 1.54) is 20.0 Å². The summed E-state index contributed by atoms with van der Waals surface area (Å²) >= 11 is 0. The number of hydrogen-bond donors (Lipinski definition) is 1. The molecule has 0 bridgehead atoms. The molecule has 5 aliphatic rings. The van der Waals surface area contributed by atoms with Gasteiger partial charge in [0.15, 0.2) is 5.75 Å². The Morgan fingerprint density at radius 3 is 2.20 bits per heavy atom. The summed E-state index contributed by atoms with van der Waals surface area (Å²) in [4.78, 5) is 72.2. The van der Waals surface area contributed by atoms with Crippen LogP contribution in [0.5, 0.6) is 5.75 Å². The van der Waals surface area contributed by atoms with E-state index >= 15 is 0 Å². The van der Waals surface area contributed by atoms with Gasteiger partial charge in [0.2, 0.25) is 11.8 Å². The van der Waals surface area contributed by atoms with Crippen molar-refractivity contribution >= 4 is 40.7 Å². The van der Waals surface area contributed by atoms with Crippen LogP contribution in [-0.4, -0.2) is 121 Å². The Morgan fingerprint density at radius 1 is 0.840 bits per heavy atom. The fraction of sp³-hybridized carbons (Fsp3) is 0.556. The minimum absolute atomic E-state index is 0.00508. The van der Waals surface area contributed by atoms with Crippen LogP contribution in [0.15, 0.2) is 30.3 Å². The lowest BCUT2D eigenvalue weighted by Crippen LogP contribution is -2.54. The number of amides is 4. The number of ether oxygens (including phenoxy) is 1. The highest BCUT2D eigenvalue weighted by atomic mass is 16.6. The number of piperidine rings is 3. The van der Waals surface area contributed by atoms with Crippen LogP contribution in [0.4, 0.5) is 17.1 Å². The molecule has 14 nitrogen and oxygen atoms in total. The van der Waals surface area contributed by atoms with Crippen molar-refractivity contribution in [3.63, 3.8) is 0 Å². The Morgan fingerprint density at radius 2 is 1.54 bits per heavy atom. The number of imide groups is 2. The normalized spacial score (nSPS) is 23.0. The summed E-state index contributed by atoms with van der Waals surface area (Å²) < 4.78 is 5.32. The highest BCUT2D eigenvalue weighted by molar-refractivity contribution is 6.23. The van der Waals surface area contributed by atoms with Gasteiger partial charge < -0.3 is 19.4 Å². The number of fused-ring (bicyclic) bond motifs is 1. The third-order valence-corrected chi connectivity index (χ3v) is 11.3. The predicted molar refractivity (Wildman–Crippen MR) is 186 cm³/mol. The summed E-state index contributed by atoms with van der Waals surface area (Å²) in [6.07, 6.45) is 4.76. The van der Waals surface area contributed by atoms with E-state index in [2.05, 4.69) is 24.9 Å². The topological polar surface area (TPSA) is 149 Å². The van der Waals surface area contributed by atoms with Crippen LogP contribution >= 0.6 is 0 Å². The molecule has 2 aromatic carbocycles. The standard InChI is InChI=1S/C36H45N7O7/c1-23-19-31(43(48)49)32(50-2)21-30(23)41-13-9-25(10-14-41)39-11-7-24(8-12-39)22-38-15-17-40(18-16-38)26-3-4-27-28(20-26)36(47)42(35(27)46)29-5-6-33(44)37-34(29)45/h3-4,19-21,24-25,29H,5-18,22H2,1-2H3,(H,37,44,45). The number of nitrogens with zero attached hydrogens (tertiary/aromatic N) is 6. The van der Waals surface area contributed by atoms with Gasteiger partial charge in [0.05, 0.1) is 23.2 Å².